The number of hydrogen-bond donors (Lipinski definition) is 2. The van der Waals surface area contributed by atoms with E-state index in [-0.39, 0.29) is 0 Å². The summed E-state index contributed by atoms with van der Waals surface area (Å²) in [5.74, 6) is 3.24. The minimum absolute atomic E-state index is 0.529. The van der Waals surface area contributed by atoms with Crippen LogP contribution < -0.4 is 24.8 Å². The van der Waals surface area contributed by atoms with Crippen LogP contribution in [0.1, 0.15) is 24.5 Å². The molecule has 6 nitrogen and oxygen atoms in total. The van der Waals surface area contributed by atoms with E-state index in [0.717, 1.165) is 54.7 Å². The number of benzene rings is 2. The first-order chi connectivity index (χ1) is 13.7. The van der Waals surface area contributed by atoms with Gasteiger partial charge in [-0.25, -0.2) is 4.99 Å². The summed E-state index contributed by atoms with van der Waals surface area (Å²) in [5, 5.41) is 6.68. The topological polar surface area (TPSA) is 64.1 Å². The lowest BCUT2D eigenvalue weighted by Crippen LogP contribution is -2.37. The Morgan fingerprint density at radius 3 is 2.25 bits per heavy atom. The highest BCUT2D eigenvalue weighted by Crippen LogP contribution is 2.25. The van der Waals surface area contributed by atoms with Crippen LogP contribution in [0, 0.1) is 0 Å². The molecule has 0 fully saturated rings. The molecule has 0 heterocycles. The Bertz CT molecular complexity index is 745. The highest BCUT2D eigenvalue weighted by Gasteiger charge is 2.05. The molecule has 2 aromatic carbocycles. The van der Waals surface area contributed by atoms with Gasteiger partial charge in [0.1, 0.15) is 17.2 Å². The average molecular weight is 386 g/mol. The van der Waals surface area contributed by atoms with Gasteiger partial charge < -0.3 is 24.8 Å². The third-order valence-corrected chi connectivity index (χ3v) is 4.34. The maximum absolute atomic E-state index is 5.45. The fourth-order valence-electron chi connectivity index (χ4n) is 2.78. The number of ether oxygens (including phenoxy) is 3. The molecule has 2 rings (SSSR count). The second-order valence-electron chi connectivity index (χ2n) is 6.25. The first kappa shape index (κ1) is 21.4. The summed E-state index contributed by atoms with van der Waals surface area (Å²) in [6, 6.07) is 14.0. The molecule has 0 saturated heterocycles. The van der Waals surface area contributed by atoms with E-state index in [1.54, 1.807) is 21.3 Å². The van der Waals surface area contributed by atoms with Crippen molar-refractivity contribution in [1.82, 2.24) is 10.6 Å². The summed E-state index contributed by atoms with van der Waals surface area (Å²) in [4.78, 5) is 4.67. The predicted octanol–water partition coefficient (Wildman–Crippen LogP) is 3.40. The molecule has 152 valence electrons. The van der Waals surface area contributed by atoms with Gasteiger partial charge in [0.05, 0.1) is 27.9 Å². The van der Waals surface area contributed by atoms with Crippen LogP contribution >= 0.6 is 0 Å². The van der Waals surface area contributed by atoms with Crippen LogP contribution in [0.4, 0.5) is 0 Å². The normalized spacial score (nSPS) is 11.1. The second kappa shape index (κ2) is 11.7. The number of aliphatic imine (C=N–C) groups is 1. The predicted molar refractivity (Wildman–Crippen MR) is 114 cm³/mol. The van der Waals surface area contributed by atoms with Gasteiger partial charge in [-0.05, 0) is 49.6 Å². The maximum atomic E-state index is 5.45. The molecule has 0 unspecified atom stereocenters. The summed E-state index contributed by atoms with van der Waals surface area (Å²) in [6.45, 7) is 4.24. The first-order valence-electron chi connectivity index (χ1n) is 9.56. The van der Waals surface area contributed by atoms with Gasteiger partial charge in [-0.15, -0.1) is 0 Å². The molecule has 0 spiro atoms. The standard InChI is InChI=1S/C22H31N3O3/c1-5-23-22(24-14-6-7-17-8-11-19(26-2)12-9-17)25-16-18-10-13-20(27-3)15-21(18)28-4/h8-13,15H,5-7,14,16H2,1-4H3,(H2,23,24,25). The largest absolute Gasteiger partial charge is 0.497 e. The van der Waals surface area contributed by atoms with Gasteiger partial charge in [-0.2, -0.15) is 0 Å². The molecule has 0 aliphatic carbocycles. The van der Waals surface area contributed by atoms with Crippen LogP contribution in [0.5, 0.6) is 17.2 Å². The fraction of sp³-hybridized carbons (Fsp3) is 0.409. The molecule has 28 heavy (non-hydrogen) atoms. The molecule has 0 amide bonds. The number of guanidine groups is 1. The van der Waals surface area contributed by atoms with E-state index in [1.807, 2.05) is 30.3 Å². The van der Waals surface area contributed by atoms with E-state index in [2.05, 4.69) is 34.7 Å². The van der Waals surface area contributed by atoms with Gasteiger partial charge in [0.25, 0.3) is 0 Å². The Balaban J connectivity index is 1.87. The Kier molecular flexibility index (Phi) is 8.98. The average Bonchev–Trinajstić information content (AvgIpc) is 2.75. The van der Waals surface area contributed by atoms with Crippen molar-refractivity contribution in [1.29, 1.82) is 0 Å². The van der Waals surface area contributed by atoms with Crippen LogP contribution in [-0.4, -0.2) is 40.4 Å². The van der Waals surface area contributed by atoms with Crippen LogP contribution in [0.2, 0.25) is 0 Å². The lowest BCUT2D eigenvalue weighted by Gasteiger charge is -2.13. The van der Waals surface area contributed by atoms with Gasteiger partial charge in [0, 0.05) is 24.7 Å². The number of hydrogen-bond acceptors (Lipinski definition) is 4. The van der Waals surface area contributed by atoms with Gasteiger partial charge in [0.2, 0.25) is 0 Å². The molecule has 2 aromatic rings. The van der Waals surface area contributed by atoms with Crippen LogP contribution in [0.15, 0.2) is 47.5 Å². The summed E-state index contributed by atoms with van der Waals surface area (Å²) in [7, 11) is 4.98. The van der Waals surface area contributed by atoms with Gasteiger partial charge >= 0.3 is 0 Å². The Morgan fingerprint density at radius 1 is 0.893 bits per heavy atom. The van der Waals surface area contributed by atoms with Gasteiger partial charge in [0.15, 0.2) is 5.96 Å². The molecular weight excluding hydrogens is 354 g/mol. The highest BCUT2D eigenvalue weighted by atomic mass is 16.5. The van der Waals surface area contributed by atoms with E-state index < -0.39 is 0 Å². The maximum Gasteiger partial charge on any atom is 0.191 e. The number of methoxy groups -OCH3 is 3. The second-order valence-corrected chi connectivity index (χ2v) is 6.25. The Labute approximate surface area is 167 Å². The van der Waals surface area contributed by atoms with Crippen molar-refractivity contribution in [3.63, 3.8) is 0 Å². The summed E-state index contributed by atoms with van der Waals surface area (Å²) in [5.41, 5.74) is 2.31. The molecule has 0 aromatic heterocycles. The van der Waals surface area contributed by atoms with Crippen molar-refractivity contribution in [3.8, 4) is 17.2 Å². The molecular formula is C22H31N3O3. The zero-order valence-electron chi connectivity index (χ0n) is 17.2. The van der Waals surface area contributed by atoms with Crippen molar-refractivity contribution in [3.05, 3.63) is 53.6 Å². The molecule has 2 N–H and O–H groups in total. The zero-order chi connectivity index (χ0) is 20.2. The van der Waals surface area contributed by atoms with Crippen molar-refractivity contribution < 1.29 is 14.2 Å². The van der Waals surface area contributed by atoms with Crippen LogP contribution in [-0.2, 0) is 13.0 Å². The van der Waals surface area contributed by atoms with E-state index in [0.29, 0.717) is 6.54 Å². The fourth-order valence-corrected chi connectivity index (χ4v) is 2.78. The van der Waals surface area contributed by atoms with Gasteiger partial charge in [-0.3, -0.25) is 0 Å². The molecule has 0 aliphatic rings. The first-order valence-corrected chi connectivity index (χ1v) is 9.56. The molecule has 0 saturated carbocycles. The van der Waals surface area contributed by atoms with Crippen molar-refractivity contribution in [2.24, 2.45) is 4.99 Å². The minimum Gasteiger partial charge on any atom is -0.497 e. The summed E-state index contributed by atoms with van der Waals surface area (Å²) in [6.07, 6.45) is 2.02. The number of nitrogens with zero attached hydrogens (tertiary/aromatic N) is 1. The summed E-state index contributed by atoms with van der Waals surface area (Å²) < 4.78 is 15.9. The smallest absolute Gasteiger partial charge is 0.191 e. The van der Waals surface area contributed by atoms with Crippen molar-refractivity contribution in [2.45, 2.75) is 26.3 Å². The van der Waals surface area contributed by atoms with Crippen molar-refractivity contribution in [2.75, 3.05) is 34.4 Å². The Hall–Kier alpha value is -2.89. The molecule has 0 atom stereocenters. The molecule has 6 heteroatoms. The van der Waals surface area contributed by atoms with Crippen LogP contribution in [0.25, 0.3) is 0 Å². The monoisotopic (exact) mass is 385 g/mol. The van der Waals surface area contributed by atoms with E-state index in [9.17, 15) is 0 Å². The lowest BCUT2D eigenvalue weighted by molar-refractivity contribution is 0.391. The molecule has 0 bridgehead atoms. The molecule has 0 radical (unpaired) electrons. The SMILES string of the molecule is CCNC(=NCc1ccc(OC)cc1OC)NCCCc1ccc(OC)cc1. The Morgan fingerprint density at radius 2 is 1.61 bits per heavy atom. The summed E-state index contributed by atoms with van der Waals surface area (Å²) >= 11 is 0. The third-order valence-electron chi connectivity index (χ3n) is 4.34. The minimum atomic E-state index is 0.529. The van der Waals surface area contributed by atoms with E-state index in [1.165, 1.54) is 5.56 Å². The number of aryl methyl sites for hydroxylation is 1. The van der Waals surface area contributed by atoms with E-state index in [4.69, 9.17) is 14.2 Å². The lowest BCUT2D eigenvalue weighted by atomic mass is 10.1. The van der Waals surface area contributed by atoms with E-state index >= 15 is 0 Å². The zero-order valence-corrected chi connectivity index (χ0v) is 17.2. The third kappa shape index (κ3) is 6.68. The number of nitrogens with one attached hydrogen (secondary N) is 2. The van der Waals surface area contributed by atoms with Crippen LogP contribution in [0.3, 0.4) is 0 Å². The highest BCUT2D eigenvalue weighted by molar-refractivity contribution is 5.79. The van der Waals surface area contributed by atoms with Gasteiger partial charge in [-0.1, -0.05) is 12.1 Å². The quantitative estimate of drug-likeness (QED) is 0.373. The number of rotatable bonds is 10. The van der Waals surface area contributed by atoms with Crippen molar-refractivity contribution >= 4 is 5.96 Å². The molecule has 0 aliphatic heterocycles.